The van der Waals surface area contributed by atoms with Crippen LogP contribution < -0.4 is 16.4 Å². The summed E-state index contributed by atoms with van der Waals surface area (Å²) >= 11 is 0.970. The summed E-state index contributed by atoms with van der Waals surface area (Å²) in [6.45, 7) is 2.39. The predicted octanol–water partition coefficient (Wildman–Crippen LogP) is 2.32. The topological polar surface area (TPSA) is 401 Å². The third-order valence-electron chi connectivity index (χ3n) is 11.3. The molecule has 11 N–H and O–H groups in total. The van der Waals surface area contributed by atoms with Crippen molar-refractivity contribution in [1.29, 1.82) is 0 Å². The van der Waals surface area contributed by atoms with Crippen molar-refractivity contribution in [2.75, 3.05) is 37.8 Å². The van der Waals surface area contributed by atoms with Crippen LogP contribution in [-0.2, 0) is 55.5 Å². The minimum absolute atomic E-state index is 0.0234. The Kier molecular flexibility index (Phi) is 22.5. The number of ether oxygens (including phenoxy) is 1. The highest BCUT2D eigenvalue weighted by Crippen LogP contribution is 2.61. The number of unbranched alkanes of at least 4 members (excludes halogenated alkanes) is 2. The van der Waals surface area contributed by atoms with Gasteiger partial charge in [0, 0.05) is 49.4 Å². The van der Waals surface area contributed by atoms with Crippen molar-refractivity contribution in [2.24, 2.45) is 17.3 Å². The van der Waals surface area contributed by atoms with Gasteiger partial charge in [0.25, 0.3) is 0 Å². The summed E-state index contributed by atoms with van der Waals surface area (Å²) in [4.78, 5) is 101. The Hall–Kier alpha value is -3.07. The summed E-state index contributed by atoms with van der Waals surface area (Å²) in [5, 5.41) is 36.6. The number of rotatable bonds is 30. The summed E-state index contributed by atoms with van der Waals surface area (Å²) in [5.41, 5.74) is 4.23. The van der Waals surface area contributed by atoms with E-state index in [9.17, 15) is 67.8 Å². The van der Waals surface area contributed by atoms with E-state index in [-0.39, 0.29) is 59.7 Å². The first-order chi connectivity index (χ1) is 32.3. The Morgan fingerprint density at radius 2 is 1.75 bits per heavy atom. The number of phosphoric ester groups is 3. The van der Waals surface area contributed by atoms with E-state index < -0.39 is 90.7 Å². The molecule has 30 heteroatoms. The quantitative estimate of drug-likeness (QED) is 0.0305. The largest absolute Gasteiger partial charge is 0.481 e. The lowest BCUT2D eigenvalue weighted by atomic mass is 9.87. The maximum Gasteiger partial charge on any atom is 0.481 e. The number of hydrogen-bond donors (Lipinski definition) is 10. The molecule has 2 aliphatic rings. The molecule has 0 radical (unpaired) electrons. The van der Waals surface area contributed by atoms with E-state index in [0.717, 1.165) is 73.9 Å². The van der Waals surface area contributed by atoms with Gasteiger partial charge in [0.1, 0.15) is 42.0 Å². The first-order valence-electron chi connectivity index (χ1n) is 22.2. The number of carbonyl (C=O) groups excluding carboxylic acids is 4. The maximum absolute atomic E-state index is 12.7. The zero-order chi connectivity index (χ0) is 51.2. The highest BCUT2D eigenvalue weighted by molar-refractivity contribution is 8.13. The SMILES string of the molecule is CC/C=C\C[C@@H]1C(=O)CC[C@@H]1CCCCCC(O)CC(=O)SCCNC(=O)CCNC(=O)[C@H](O)C(C)(C)COP(=O)(O)OP(=O)(O)OC[C@H]1O[C@@H](n2cnc3c(N)ncnc32)[C@H](O)[C@@H]1OP(=O)(O)O. The number of ketones is 1. The van der Waals surface area contributed by atoms with Gasteiger partial charge >= 0.3 is 23.5 Å². The van der Waals surface area contributed by atoms with E-state index in [0.29, 0.717) is 24.5 Å². The van der Waals surface area contributed by atoms with Gasteiger partial charge in [-0.3, -0.25) is 37.3 Å². The van der Waals surface area contributed by atoms with Gasteiger partial charge in [0.2, 0.25) is 11.8 Å². The average Bonchev–Trinajstić information content (AvgIpc) is 3.94. The van der Waals surface area contributed by atoms with Gasteiger partial charge in [0.15, 0.2) is 22.8 Å². The fourth-order valence-corrected chi connectivity index (χ4v) is 11.2. The molecule has 4 rings (SSSR count). The van der Waals surface area contributed by atoms with E-state index in [1.165, 1.54) is 13.8 Å². The van der Waals surface area contributed by atoms with Crippen molar-refractivity contribution in [3.8, 4) is 0 Å². The number of anilines is 1. The van der Waals surface area contributed by atoms with E-state index in [1.54, 1.807) is 0 Å². The number of allylic oxidation sites excluding steroid dienone is 2. The van der Waals surface area contributed by atoms with Crippen LogP contribution in [0.4, 0.5) is 5.82 Å². The third kappa shape index (κ3) is 18.8. The molecule has 0 bridgehead atoms. The molecule has 26 nitrogen and oxygen atoms in total. The Morgan fingerprint density at radius 3 is 2.46 bits per heavy atom. The van der Waals surface area contributed by atoms with E-state index in [2.05, 4.69) is 53.5 Å². The number of nitrogens with zero attached hydrogens (tertiary/aromatic N) is 4. The molecule has 2 fully saturated rings. The number of phosphoric acid groups is 3. The number of thioether (sulfide) groups is 1. The van der Waals surface area contributed by atoms with Crippen molar-refractivity contribution < 1.29 is 90.4 Å². The monoisotopic (exact) mass is 1060 g/mol. The lowest BCUT2D eigenvalue weighted by Crippen LogP contribution is -2.46. The number of nitrogens with two attached hydrogens (primary N) is 1. The number of nitrogen functional groups attached to an aromatic ring is 1. The maximum atomic E-state index is 12.7. The number of amides is 2. The molecule has 0 aromatic carbocycles. The minimum atomic E-state index is -5.60. The second-order valence-electron chi connectivity index (χ2n) is 17.3. The van der Waals surface area contributed by atoms with Crippen LogP contribution >= 0.6 is 35.2 Å². The van der Waals surface area contributed by atoms with Crippen molar-refractivity contribution in [2.45, 2.75) is 128 Å². The van der Waals surface area contributed by atoms with Gasteiger partial charge < -0.3 is 56.0 Å². The molecule has 0 spiro atoms. The zero-order valence-electron chi connectivity index (χ0n) is 38.4. The van der Waals surface area contributed by atoms with E-state index in [4.69, 9.17) is 19.5 Å². The Labute approximate surface area is 402 Å². The fourth-order valence-electron chi connectivity index (χ4n) is 7.67. The molecular weight excluding hydrogens is 995 g/mol. The molecule has 1 aliphatic heterocycles. The van der Waals surface area contributed by atoms with Gasteiger partial charge in [-0.1, -0.05) is 63.9 Å². The minimum Gasteiger partial charge on any atom is -0.393 e. The van der Waals surface area contributed by atoms with E-state index >= 15 is 0 Å². The summed E-state index contributed by atoms with van der Waals surface area (Å²) in [5.74, 6) is -0.423. The smallest absolute Gasteiger partial charge is 0.393 e. The van der Waals surface area contributed by atoms with Crippen LogP contribution in [0, 0.1) is 17.3 Å². The van der Waals surface area contributed by atoms with Crippen LogP contribution in [0.3, 0.4) is 0 Å². The van der Waals surface area contributed by atoms with Gasteiger partial charge in [-0.05, 0) is 38.0 Å². The highest BCUT2D eigenvalue weighted by Gasteiger charge is 2.50. The first-order valence-corrected chi connectivity index (χ1v) is 27.7. The molecule has 3 heterocycles. The Balaban J connectivity index is 1.10. The normalized spacial score (nSPS) is 23.8. The van der Waals surface area contributed by atoms with E-state index in [1.807, 2.05) is 0 Å². The van der Waals surface area contributed by atoms with Crippen molar-refractivity contribution >= 4 is 74.9 Å². The first kappa shape index (κ1) is 58.5. The molecular formula is C39H64N7O19P3S. The van der Waals surface area contributed by atoms with Crippen LogP contribution in [0.15, 0.2) is 24.8 Å². The number of nitrogens with one attached hydrogen (secondary N) is 2. The van der Waals surface area contributed by atoms with Gasteiger partial charge in [-0.2, -0.15) is 4.31 Å². The number of aliphatic hydroxyl groups is 3. The molecule has 390 valence electrons. The fraction of sp³-hybridized carbons (Fsp3) is 0.718. The van der Waals surface area contributed by atoms with Crippen molar-refractivity contribution in [1.82, 2.24) is 30.2 Å². The molecule has 69 heavy (non-hydrogen) atoms. The van der Waals surface area contributed by atoms with Gasteiger partial charge in [0.05, 0.1) is 25.6 Å². The number of hydrogen-bond acceptors (Lipinski definition) is 20. The molecule has 3 unspecified atom stereocenters. The molecule has 2 aromatic heterocycles. The van der Waals surface area contributed by atoms with Crippen LogP contribution in [0.1, 0.15) is 97.6 Å². The van der Waals surface area contributed by atoms with Crippen LogP contribution in [-0.4, -0.2) is 140 Å². The summed E-state index contributed by atoms with van der Waals surface area (Å²) in [7, 11) is -16.5. The van der Waals surface area contributed by atoms with Crippen molar-refractivity contribution in [3.63, 3.8) is 0 Å². The van der Waals surface area contributed by atoms with Crippen LogP contribution in [0.2, 0.25) is 0 Å². The number of imidazole rings is 1. The predicted molar refractivity (Wildman–Crippen MR) is 246 cm³/mol. The van der Waals surface area contributed by atoms with Crippen LogP contribution in [0.25, 0.3) is 11.2 Å². The Morgan fingerprint density at radius 1 is 1.03 bits per heavy atom. The van der Waals surface area contributed by atoms with Crippen LogP contribution in [0.5, 0.6) is 0 Å². The lowest BCUT2D eigenvalue weighted by Gasteiger charge is -2.30. The summed E-state index contributed by atoms with van der Waals surface area (Å²) < 4.78 is 62.4. The number of carbonyl (C=O) groups is 4. The summed E-state index contributed by atoms with van der Waals surface area (Å²) in [6.07, 6.45) is 3.77. The second-order valence-corrected chi connectivity index (χ2v) is 22.7. The second kappa shape index (κ2) is 26.6. The molecule has 10 atom stereocenters. The third-order valence-corrected chi connectivity index (χ3v) is 15.3. The Bertz CT molecular complexity index is 2230. The molecule has 1 aliphatic carbocycles. The number of aliphatic hydroxyl groups excluding tert-OH is 3. The van der Waals surface area contributed by atoms with Crippen molar-refractivity contribution in [3.05, 3.63) is 24.8 Å². The lowest BCUT2D eigenvalue weighted by molar-refractivity contribution is -0.137. The molecule has 1 saturated carbocycles. The standard InChI is InChI=1S/C39H64N7O19P3S/c1-4-5-7-12-26-24(13-14-27(26)48)10-8-6-9-11-25(47)19-30(50)69-18-17-41-29(49)15-16-42-37(53)34(52)39(2,3)21-62-68(59,60)65-67(57,58)61-20-28-33(64-66(54,55)56)32(51)38(63-28)46-23-45-31-35(40)43-22-44-36(31)46/h5,7,22-26,28,32-34,38,47,51-52H,4,6,8-21H2,1-3H3,(H,41,49)(H,42,53)(H,57,58)(H,59,60)(H2,40,43,44)(H2,54,55,56)/b7-5-/t24-,25?,26-,28+,32+,33+,34-,38+/m0/s1. The molecule has 2 amide bonds. The number of aromatic nitrogens is 4. The molecule has 1 saturated heterocycles. The number of Topliss-reactive ketones (excluding diaryl/α,β-unsaturated/α-hetero) is 1. The average molecular weight is 1060 g/mol. The number of fused-ring (bicyclic) bond motifs is 1. The van der Waals surface area contributed by atoms with Gasteiger partial charge in [-0.15, -0.1) is 0 Å². The highest BCUT2D eigenvalue weighted by atomic mass is 32.2. The zero-order valence-corrected chi connectivity index (χ0v) is 41.9. The summed E-state index contributed by atoms with van der Waals surface area (Å²) in [6, 6.07) is 0. The van der Waals surface area contributed by atoms with Gasteiger partial charge in [-0.25, -0.2) is 28.6 Å². The molecule has 2 aromatic rings.